The van der Waals surface area contributed by atoms with Crippen LogP contribution in [-0.2, 0) is 11.3 Å². The number of hydrogen-bond acceptors (Lipinski definition) is 3. The largest absolute Gasteiger partial charge is 0.348 e. The van der Waals surface area contributed by atoms with E-state index in [-0.39, 0.29) is 11.7 Å². The van der Waals surface area contributed by atoms with Gasteiger partial charge in [-0.05, 0) is 30.9 Å². The van der Waals surface area contributed by atoms with Crippen LogP contribution >= 0.6 is 11.6 Å². The molecule has 2 bridgehead atoms. The van der Waals surface area contributed by atoms with E-state index in [9.17, 15) is 9.18 Å². The summed E-state index contributed by atoms with van der Waals surface area (Å²) in [5, 5.41) is 0.495. The molecule has 1 aromatic rings. The topological polar surface area (TPSA) is 26.8 Å². The summed E-state index contributed by atoms with van der Waals surface area (Å²) in [7, 11) is 3.59. The van der Waals surface area contributed by atoms with Crippen molar-refractivity contribution in [3.05, 3.63) is 34.6 Å². The Labute approximate surface area is 148 Å². The van der Waals surface area contributed by atoms with E-state index in [1.165, 1.54) is 12.5 Å². The van der Waals surface area contributed by atoms with E-state index in [0.29, 0.717) is 35.6 Å². The monoisotopic (exact) mass is 353 g/mol. The standard InChI is InChI=1S/C18H25ClFN3O/c1-21(2)18(24)12-22-8-13-6-7-14(10-22)23(9-13)11-15-16(19)4-3-5-17(15)20/h3-5,13-14H,6-12H2,1-2H3/t13-,14+/m1/s1. The zero-order valence-corrected chi connectivity index (χ0v) is 15.1. The molecule has 0 saturated carbocycles. The van der Waals surface area contributed by atoms with Crippen LogP contribution in [0.25, 0.3) is 0 Å². The Morgan fingerprint density at radius 1 is 1.29 bits per heavy atom. The van der Waals surface area contributed by atoms with Crippen LogP contribution in [0.15, 0.2) is 18.2 Å². The molecule has 0 unspecified atom stereocenters. The fraction of sp³-hybridized carbons (Fsp3) is 0.611. The average Bonchev–Trinajstić information content (AvgIpc) is 2.81. The normalized spacial score (nSPS) is 24.8. The molecule has 6 heteroatoms. The number of hydrogen-bond donors (Lipinski definition) is 0. The van der Waals surface area contributed by atoms with Crippen molar-refractivity contribution >= 4 is 17.5 Å². The summed E-state index contributed by atoms with van der Waals surface area (Å²) in [5.74, 6) is 0.437. The van der Waals surface area contributed by atoms with Gasteiger partial charge in [-0.25, -0.2) is 4.39 Å². The van der Waals surface area contributed by atoms with Crippen LogP contribution in [0.1, 0.15) is 18.4 Å². The van der Waals surface area contributed by atoms with E-state index in [1.54, 1.807) is 31.1 Å². The minimum atomic E-state index is -0.234. The number of carbonyl (C=O) groups excluding carboxylic acids is 1. The molecule has 1 aromatic carbocycles. The molecule has 0 spiro atoms. The minimum absolute atomic E-state index is 0.139. The summed E-state index contributed by atoms with van der Waals surface area (Å²) in [4.78, 5) is 18.3. The Morgan fingerprint density at radius 2 is 2.08 bits per heavy atom. The van der Waals surface area contributed by atoms with Crippen molar-refractivity contribution in [2.24, 2.45) is 5.92 Å². The van der Waals surface area contributed by atoms with Gasteiger partial charge in [0.2, 0.25) is 5.91 Å². The van der Waals surface area contributed by atoms with Crippen LogP contribution in [0.5, 0.6) is 0 Å². The molecule has 4 rings (SSSR count). The molecule has 2 atom stereocenters. The van der Waals surface area contributed by atoms with Crippen molar-refractivity contribution in [3.63, 3.8) is 0 Å². The minimum Gasteiger partial charge on any atom is -0.348 e. The maximum atomic E-state index is 14.1. The molecule has 3 aliphatic heterocycles. The van der Waals surface area contributed by atoms with Crippen molar-refractivity contribution in [3.8, 4) is 0 Å². The maximum Gasteiger partial charge on any atom is 0.236 e. The lowest BCUT2D eigenvalue weighted by atomic mass is 9.94. The van der Waals surface area contributed by atoms with E-state index in [2.05, 4.69) is 9.80 Å². The second kappa shape index (κ2) is 7.38. The van der Waals surface area contributed by atoms with Crippen molar-refractivity contribution in [1.82, 2.24) is 14.7 Å². The number of likely N-dealkylation sites (N-methyl/N-ethyl adjacent to an activating group) is 1. The lowest BCUT2D eigenvalue weighted by Gasteiger charge is -2.36. The highest BCUT2D eigenvalue weighted by Crippen LogP contribution is 2.31. The van der Waals surface area contributed by atoms with Gasteiger partial charge >= 0.3 is 0 Å². The zero-order valence-electron chi connectivity index (χ0n) is 14.3. The lowest BCUT2D eigenvalue weighted by molar-refractivity contribution is -0.130. The first-order valence-corrected chi connectivity index (χ1v) is 8.91. The van der Waals surface area contributed by atoms with Crippen molar-refractivity contribution in [2.75, 3.05) is 40.3 Å². The number of nitrogens with zero attached hydrogens (tertiary/aromatic N) is 3. The predicted octanol–water partition coefficient (Wildman–Crippen LogP) is 2.46. The molecule has 1 amide bonds. The van der Waals surface area contributed by atoms with Crippen molar-refractivity contribution in [2.45, 2.75) is 25.4 Å². The van der Waals surface area contributed by atoms with E-state index in [0.717, 1.165) is 26.1 Å². The number of halogens is 2. The zero-order chi connectivity index (χ0) is 17.3. The van der Waals surface area contributed by atoms with Gasteiger partial charge in [0.1, 0.15) is 5.82 Å². The molecule has 3 heterocycles. The highest BCUT2D eigenvalue weighted by Gasteiger charge is 2.35. The van der Waals surface area contributed by atoms with Gasteiger partial charge in [-0.1, -0.05) is 17.7 Å². The van der Waals surface area contributed by atoms with E-state index in [1.807, 2.05) is 0 Å². The highest BCUT2D eigenvalue weighted by molar-refractivity contribution is 6.31. The Hall–Kier alpha value is -1.17. The maximum absolute atomic E-state index is 14.1. The SMILES string of the molecule is CN(C)C(=O)CN1C[C@H]2CC[C@@H](C1)N(Cc1c(F)cccc1Cl)C2. The quantitative estimate of drug-likeness (QED) is 0.832. The smallest absolute Gasteiger partial charge is 0.236 e. The highest BCUT2D eigenvalue weighted by atomic mass is 35.5. The summed E-state index contributed by atoms with van der Waals surface area (Å²) >= 11 is 6.20. The molecule has 0 aromatic heterocycles. The summed E-state index contributed by atoms with van der Waals surface area (Å²) in [6.07, 6.45) is 2.28. The molecule has 0 aliphatic carbocycles. The molecule has 24 heavy (non-hydrogen) atoms. The Kier molecular flexibility index (Phi) is 5.42. The van der Waals surface area contributed by atoms with Crippen molar-refractivity contribution in [1.29, 1.82) is 0 Å². The van der Waals surface area contributed by atoms with Gasteiger partial charge < -0.3 is 4.90 Å². The number of carbonyl (C=O) groups is 1. The number of benzene rings is 1. The fourth-order valence-electron chi connectivity index (χ4n) is 3.82. The van der Waals surface area contributed by atoms with Gasteiger partial charge in [0, 0.05) is 56.9 Å². The molecule has 3 saturated heterocycles. The van der Waals surface area contributed by atoms with E-state index >= 15 is 0 Å². The third-order valence-corrected chi connectivity index (χ3v) is 5.54. The molecule has 0 radical (unpaired) electrons. The van der Waals surface area contributed by atoms with Crippen LogP contribution in [0.3, 0.4) is 0 Å². The Balaban J connectivity index is 1.70. The van der Waals surface area contributed by atoms with Gasteiger partial charge in [-0.3, -0.25) is 14.6 Å². The second-order valence-corrected chi connectivity index (χ2v) is 7.62. The van der Waals surface area contributed by atoms with Gasteiger partial charge in [0.15, 0.2) is 0 Å². The molecule has 3 aliphatic rings. The van der Waals surface area contributed by atoms with E-state index in [4.69, 9.17) is 11.6 Å². The van der Waals surface area contributed by atoms with Gasteiger partial charge in [-0.15, -0.1) is 0 Å². The van der Waals surface area contributed by atoms with Crippen LogP contribution in [-0.4, -0.2) is 66.9 Å². The summed E-state index contributed by atoms with van der Waals surface area (Å²) in [6, 6.07) is 5.22. The molecular formula is C18H25ClFN3O. The third kappa shape index (κ3) is 3.90. The summed E-state index contributed by atoms with van der Waals surface area (Å²) in [5.41, 5.74) is 0.586. The first-order valence-electron chi connectivity index (χ1n) is 8.53. The molecule has 4 nitrogen and oxygen atoms in total. The van der Waals surface area contributed by atoms with Gasteiger partial charge in [-0.2, -0.15) is 0 Å². The number of piperidine rings is 1. The van der Waals surface area contributed by atoms with Crippen LogP contribution in [0.2, 0.25) is 5.02 Å². The predicted molar refractivity (Wildman–Crippen MR) is 93.5 cm³/mol. The number of fused-ring (bicyclic) bond motifs is 4. The second-order valence-electron chi connectivity index (χ2n) is 7.21. The summed E-state index contributed by atoms with van der Waals surface area (Å²) in [6.45, 7) is 3.76. The first-order chi connectivity index (χ1) is 11.4. The molecular weight excluding hydrogens is 329 g/mol. The fourth-order valence-corrected chi connectivity index (χ4v) is 4.04. The van der Waals surface area contributed by atoms with Gasteiger partial charge in [0.25, 0.3) is 0 Å². The van der Waals surface area contributed by atoms with Crippen LogP contribution in [0, 0.1) is 11.7 Å². The Bertz CT molecular complexity index is 590. The van der Waals surface area contributed by atoms with Crippen LogP contribution < -0.4 is 0 Å². The average molecular weight is 354 g/mol. The van der Waals surface area contributed by atoms with Gasteiger partial charge in [0.05, 0.1) is 6.54 Å². The summed E-state index contributed by atoms with van der Waals surface area (Å²) < 4.78 is 14.1. The van der Waals surface area contributed by atoms with Crippen molar-refractivity contribution < 1.29 is 9.18 Å². The third-order valence-electron chi connectivity index (χ3n) is 5.18. The van der Waals surface area contributed by atoms with E-state index < -0.39 is 0 Å². The van der Waals surface area contributed by atoms with Crippen LogP contribution in [0.4, 0.5) is 4.39 Å². The molecule has 0 N–H and O–H groups in total. The molecule has 132 valence electrons. The lowest BCUT2D eigenvalue weighted by Crippen LogP contribution is -2.44. The Morgan fingerprint density at radius 3 is 2.79 bits per heavy atom. The first kappa shape index (κ1) is 17.6. The molecule has 3 fully saturated rings. The number of amides is 1. The number of rotatable bonds is 4.